The second-order valence-electron chi connectivity index (χ2n) is 7.04. The maximum Gasteiger partial charge on any atom is 0.251 e. The molecule has 0 aliphatic carbocycles. The Morgan fingerprint density at radius 3 is 2.84 bits per heavy atom. The second kappa shape index (κ2) is 7.45. The van der Waals surface area contributed by atoms with Crippen molar-refractivity contribution in [3.05, 3.63) is 46.5 Å². The zero-order valence-electron chi connectivity index (χ0n) is 14.4. The Labute approximate surface area is 147 Å². The van der Waals surface area contributed by atoms with Gasteiger partial charge in [0.2, 0.25) is 0 Å². The molecule has 6 heteroatoms. The summed E-state index contributed by atoms with van der Waals surface area (Å²) in [6.45, 7) is 5.08. The number of H-pyrrole nitrogens is 1. The van der Waals surface area contributed by atoms with Crippen LogP contribution < -0.4 is 5.56 Å². The molecule has 0 radical (unpaired) electrons. The van der Waals surface area contributed by atoms with Crippen LogP contribution in [-0.4, -0.2) is 52.7 Å². The predicted molar refractivity (Wildman–Crippen MR) is 95.4 cm³/mol. The molecule has 0 spiro atoms. The summed E-state index contributed by atoms with van der Waals surface area (Å²) in [4.78, 5) is 26.4. The number of pyridine rings is 1. The highest BCUT2D eigenvalue weighted by Crippen LogP contribution is 2.28. The third-order valence-corrected chi connectivity index (χ3v) is 5.22. The van der Waals surface area contributed by atoms with E-state index in [1.165, 1.54) is 6.42 Å². The highest BCUT2D eigenvalue weighted by molar-refractivity contribution is 5.48. The maximum atomic E-state index is 12.1. The van der Waals surface area contributed by atoms with E-state index < -0.39 is 0 Å². The van der Waals surface area contributed by atoms with Crippen molar-refractivity contribution >= 4 is 0 Å². The SMILES string of the molecule is O=c1cc(C2CCN(CC3CCOC3)CC2)nc(-c2ccccn2)[nH]1. The first-order valence-electron chi connectivity index (χ1n) is 9.11. The first-order valence-corrected chi connectivity index (χ1v) is 9.11. The van der Waals surface area contributed by atoms with Crippen LogP contribution in [0.2, 0.25) is 0 Å². The van der Waals surface area contributed by atoms with Gasteiger partial charge in [-0.15, -0.1) is 0 Å². The van der Waals surface area contributed by atoms with E-state index in [0.29, 0.717) is 23.4 Å². The molecule has 2 aliphatic rings. The van der Waals surface area contributed by atoms with Crippen molar-refractivity contribution in [3.63, 3.8) is 0 Å². The van der Waals surface area contributed by atoms with Crippen LogP contribution in [0.15, 0.2) is 35.3 Å². The minimum absolute atomic E-state index is 0.101. The van der Waals surface area contributed by atoms with Crippen molar-refractivity contribution in [1.82, 2.24) is 19.9 Å². The van der Waals surface area contributed by atoms with E-state index in [0.717, 1.165) is 51.4 Å². The van der Waals surface area contributed by atoms with Crippen LogP contribution >= 0.6 is 0 Å². The molecule has 4 heterocycles. The van der Waals surface area contributed by atoms with Crippen molar-refractivity contribution in [3.8, 4) is 11.5 Å². The molecule has 0 bridgehead atoms. The van der Waals surface area contributed by atoms with Crippen LogP contribution in [0.1, 0.15) is 30.9 Å². The van der Waals surface area contributed by atoms with E-state index in [9.17, 15) is 4.79 Å². The van der Waals surface area contributed by atoms with Crippen molar-refractivity contribution in [2.24, 2.45) is 5.92 Å². The van der Waals surface area contributed by atoms with Crippen LogP contribution in [0.5, 0.6) is 0 Å². The molecule has 1 atom stereocenters. The maximum absolute atomic E-state index is 12.1. The van der Waals surface area contributed by atoms with Gasteiger partial charge in [-0.1, -0.05) is 6.07 Å². The molecule has 0 aromatic carbocycles. The molecule has 1 unspecified atom stereocenters. The molecule has 2 aromatic rings. The molecule has 2 saturated heterocycles. The summed E-state index contributed by atoms with van der Waals surface area (Å²) in [7, 11) is 0. The lowest BCUT2D eigenvalue weighted by Gasteiger charge is -2.33. The summed E-state index contributed by atoms with van der Waals surface area (Å²) < 4.78 is 5.48. The number of likely N-dealkylation sites (tertiary alicyclic amines) is 1. The fourth-order valence-electron chi connectivity index (χ4n) is 3.81. The van der Waals surface area contributed by atoms with Gasteiger partial charge in [0.25, 0.3) is 5.56 Å². The number of hydrogen-bond donors (Lipinski definition) is 1. The first kappa shape index (κ1) is 16.4. The molecular weight excluding hydrogens is 316 g/mol. The quantitative estimate of drug-likeness (QED) is 0.922. The number of nitrogens with one attached hydrogen (secondary N) is 1. The monoisotopic (exact) mass is 340 g/mol. The number of aromatic nitrogens is 3. The van der Waals surface area contributed by atoms with Gasteiger partial charge < -0.3 is 14.6 Å². The number of aromatic amines is 1. The number of rotatable bonds is 4. The summed E-state index contributed by atoms with van der Waals surface area (Å²) >= 11 is 0. The Bertz CT molecular complexity index is 748. The summed E-state index contributed by atoms with van der Waals surface area (Å²) in [5.41, 5.74) is 1.50. The van der Waals surface area contributed by atoms with Gasteiger partial charge in [0.05, 0.1) is 12.3 Å². The number of nitrogens with zero attached hydrogens (tertiary/aromatic N) is 3. The van der Waals surface area contributed by atoms with Crippen LogP contribution in [0, 0.1) is 5.92 Å². The van der Waals surface area contributed by atoms with E-state index in [1.54, 1.807) is 12.3 Å². The van der Waals surface area contributed by atoms with Crippen molar-refractivity contribution in [1.29, 1.82) is 0 Å². The molecule has 6 nitrogen and oxygen atoms in total. The van der Waals surface area contributed by atoms with Gasteiger partial charge in [0, 0.05) is 31.3 Å². The summed E-state index contributed by atoms with van der Waals surface area (Å²) in [5, 5.41) is 0. The van der Waals surface area contributed by atoms with Crippen molar-refractivity contribution in [2.45, 2.75) is 25.2 Å². The van der Waals surface area contributed by atoms with E-state index in [-0.39, 0.29) is 5.56 Å². The third-order valence-electron chi connectivity index (χ3n) is 5.22. The molecule has 2 aromatic heterocycles. The van der Waals surface area contributed by atoms with Gasteiger partial charge in [0.1, 0.15) is 5.69 Å². The van der Waals surface area contributed by atoms with Crippen molar-refractivity contribution < 1.29 is 4.74 Å². The molecule has 1 N–H and O–H groups in total. The van der Waals surface area contributed by atoms with Gasteiger partial charge in [-0.3, -0.25) is 9.78 Å². The van der Waals surface area contributed by atoms with Crippen LogP contribution in [-0.2, 0) is 4.74 Å². The van der Waals surface area contributed by atoms with E-state index in [2.05, 4.69) is 14.9 Å². The van der Waals surface area contributed by atoms with Gasteiger partial charge in [-0.25, -0.2) is 4.98 Å². The average molecular weight is 340 g/mol. The molecule has 2 fully saturated rings. The standard InChI is InChI=1S/C19H24N4O2/c24-18-11-17(21-19(22-18)16-3-1-2-7-20-16)15-4-8-23(9-5-15)12-14-6-10-25-13-14/h1-3,7,11,14-15H,4-6,8-10,12-13H2,(H,21,22,24). The minimum atomic E-state index is -0.101. The Kier molecular flexibility index (Phi) is 4.90. The fraction of sp³-hybridized carbons (Fsp3) is 0.526. The van der Waals surface area contributed by atoms with Crippen molar-refractivity contribution in [2.75, 3.05) is 32.8 Å². The lowest BCUT2D eigenvalue weighted by Crippen LogP contribution is -2.37. The Morgan fingerprint density at radius 2 is 2.12 bits per heavy atom. The Morgan fingerprint density at radius 1 is 1.24 bits per heavy atom. The Balaban J connectivity index is 1.44. The third kappa shape index (κ3) is 3.96. The number of ether oxygens (including phenoxy) is 1. The van der Waals surface area contributed by atoms with E-state index in [1.807, 2.05) is 18.2 Å². The molecule has 2 aliphatic heterocycles. The second-order valence-corrected chi connectivity index (χ2v) is 7.04. The highest BCUT2D eigenvalue weighted by Gasteiger charge is 2.25. The highest BCUT2D eigenvalue weighted by atomic mass is 16.5. The molecular formula is C19H24N4O2. The van der Waals surface area contributed by atoms with Gasteiger partial charge in [0.15, 0.2) is 5.82 Å². The topological polar surface area (TPSA) is 71.1 Å². The van der Waals surface area contributed by atoms with E-state index >= 15 is 0 Å². The summed E-state index contributed by atoms with van der Waals surface area (Å²) in [5.74, 6) is 1.60. The predicted octanol–water partition coefficient (Wildman–Crippen LogP) is 2.05. The number of hydrogen-bond acceptors (Lipinski definition) is 5. The Hall–Kier alpha value is -2.05. The number of piperidine rings is 1. The lowest BCUT2D eigenvalue weighted by molar-refractivity contribution is 0.151. The first-order chi connectivity index (χ1) is 12.3. The van der Waals surface area contributed by atoms with Gasteiger partial charge in [-0.05, 0) is 50.4 Å². The molecule has 132 valence electrons. The van der Waals surface area contributed by atoms with Crippen LogP contribution in [0.25, 0.3) is 11.5 Å². The van der Waals surface area contributed by atoms with Crippen LogP contribution in [0.3, 0.4) is 0 Å². The molecule has 0 saturated carbocycles. The van der Waals surface area contributed by atoms with Gasteiger partial charge in [-0.2, -0.15) is 0 Å². The van der Waals surface area contributed by atoms with Crippen LogP contribution in [0.4, 0.5) is 0 Å². The average Bonchev–Trinajstić information content (AvgIpc) is 3.16. The van der Waals surface area contributed by atoms with E-state index in [4.69, 9.17) is 9.72 Å². The molecule has 25 heavy (non-hydrogen) atoms. The zero-order chi connectivity index (χ0) is 17.1. The fourth-order valence-corrected chi connectivity index (χ4v) is 3.81. The summed E-state index contributed by atoms with van der Waals surface area (Å²) in [6, 6.07) is 7.28. The minimum Gasteiger partial charge on any atom is -0.381 e. The van der Waals surface area contributed by atoms with Gasteiger partial charge >= 0.3 is 0 Å². The molecule has 4 rings (SSSR count). The zero-order valence-corrected chi connectivity index (χ0v) is 14.4. The molecule has 0 amide bonds. The normalized spacial score (nSPS) is 22.3. The lowest BCUT2D eigenvalue weighted by atomic mass is 9.92. The summed E-state index contributed by atoms with van der Waals surface area (Å²) in [6.07, 6.45) is 4.99. The smallest absolute Gasteiger partial charge is 0.251 e. The largest absolute Gasteiger partial charge is 0.381 e.